The Morgan fingerprint density at radius 3 is 2.26 bits per heavy atom. The first-order valence-corrected chi connectivity index (χ1v) is 6.24. The van der Waals surface area contributed by atoms with Gasteiger partial charge in [-0.15, -0.1) is 0 Å². The molecule has 0 atom stereocenters. The third kappa shape index (κ3) is 3.85. The van der Waals surface area contributed by atoms with Crippen LogP contribution >= 0.6 is 0 Å². The number of nitriles is 1. The normalized spacial score (nSPS) is 10.7. The molecule has 0 aliphatic rings. The molecule has 1 N–H and O–H groups in total. The van der Waals surface area contributed by atoms with Crippen LogP contribution in [0, 0.1) is 31.6 Å². The van der Waals surface area contributed by atoms with Gasteiger partial charge in [0.2, 0.25) is 0 Å². The lowest BCUT2D eigenvalue weighted by Gasteiger charge is -2.02. The highest BCUT2D eigenvalue weighted by Crippen LogP contribution is 2.17. The summed E-state index contributed by atoms with van der Waals surface area (Å²) in [6.45, 7) is 0. The molecule has 0 fully saturated rings. The summed E-state index contributed by atoms with van der Waals surface area (Å²) >= 11 is 0. The third-order valence-electron chi connectivity index (χ3n) is 2.81. The summed E-state index contributed by atoms with van der Waals surface area (Å²) in [6.07, 6.45) is 0. The molecular formula is C14H9N5O4. The van der Waals surface area contributed by atoms with Crippen LogP contribution in [0.15, 0.2) is 53.6 Å². The summed E-state index contributed by atoms with van der Waals surface area (Å²) in [6, 6.07) is 12.8. The summed E-state index contributed by atoms with van der Waals surface area (Å²) in [5, 5.41) is 34.3. The molecule has 9 heteroatoms. The predicted octanol–water partition coefficient (Wildman–Crippen LogP) is 2.84. The van der Waals surface area contributed by atoms with Crippen LogP contribution in [0.2, 0.25) is 0 Å². The Morgan fingerprint density at radius 2 is 1.70 bits per heavy atom. The lowest BCUT2D eigenvalue weighted by atomic mass is 10.1. The predicted molar refractivity (Wildman–Crippen MR) is 82.0 cm³/mol. The average Bonchev–Trinajstić information content (AvgIpc) is 2.56. The van der Waals surface area contributed by atoms with Gasteiger partial charge in [0.05, 0.1) is 15.5 Å². The molecule has 0 aliphatic carbocycles. The van der Waals surface area contributed by atoms with Crippen LogP contribution < -0.4 is 5.43 Å². The second-order valence-electron chi connectivity index (χ2n) is 4.30. The van der Waals surface area contributed by atoms with Crippen molar-refractivity contribution in [3.63, 3.8) is 0 Å². The van der Waals surface area contributed by atoms with E-state index in [0.29, 0.717) is 5.69 Å². The van der Waals surface area contributed by atoms with Crippen molar-refractivity contribution in [1.82, 2.24) is 0 Å². The number of nitrogens with one attached hydrogen (secondary N) is 1. The number of benzene rings is 2. The second-order valence-corrected chi connectivity index (χ2v) is 4.30. The van der Waals surface area contributed by atoms with E-state index in [1.807, 2.05) is 6.07 Å². The Balaban J connectivity index is 2.22. The number of nitro benzene ring substituents is 2. The Morgan fingerprint density at radius 1 is 1.04 bits per heavy atom. The number of nitro groups is 2. The minimum absolute atomic E-state index is 0.0490. The molecule has 0 radical (unpaired) electrons. The van der Waals surface area contributed by atoms with Gasteiger partial charge in [-0.05, 0) is 12.1 Å². The van der Waals surface area contributed by atoms with Gasteiger partial charge >= 0.3 is 0 Å². The van der Waals surface area contributed by atoms with Crippen molar-refractivity contribution in [3.05, 3.63) is 74.3 Å². The van der Waals surface area contributed by atoms with E-state index in [0.717, 1.165) is 0 Å². The van der Waals surface area contributed by atoms with Crippen LogP contribution in [0.25, 0.3) is 0 Å². The lowest BCUT2D eigenvalue weighted by Crippen LogP contribution is -2.02. The monoisotopic (exact) mass is 311 g/mol. The van der Waals surface area contributed by atoms with Crippen molar-refractivity contribution < 1.29 is 9.85 Å². The Kier molecular flexibility index (Phi) is 4.59. The molecule has 2 aromatic rings. The Labute approximate surface area is 129 Å². The van der Waals surface area contributed by atoms with E-state index in [4.69, 9.17) is 5.26 Å². The quantitative estimate of drug-likeness (QED) is 0.512. The standard InChI is InChI=1S/C14H9N5O4/c15-9-14(10-2-1-3-13(8-10)19(22)23)17-16-11-4-6-12(7-5-11)18(20)21/h1-8,16H/b17-14+. The van der Waals surface area contributed by atoms with Crippen molar-refractivity contribution in [3.8, 4) is 6.07 Å². The molecular weight excluding hydrogens is 302 g/mol. The van der Waals surface area contributed by atoms with Crippen LogP contribution in [-0.4, -0.2) is 15.6 Å². The summed E-state index contributed by atoms with van der Waals surface area (Å²) in [4.78, 5) is 20.2. The lowest BCUT2D eigenvalue weighted by molar-refractivity contribution is -0.385. The molecule has 2 aromatic carbocycles. The molecule has 0 aromatic heterocycles. The first-order valence-electron chi connectivity index (χ1n) is 6.24. The number of hydrogen-bond acceptors (Lipinski definition) is 7. The number of rotatable bonds is 5. The molecule has 0 unspecified atom stereocenters. The van der Waals surface area contributed by atoms with E-state index in [9.17, 15) is 20.2 Å². The van der Waals surface area contributed by atoms with Gasteiger partial charge in [0, 0.05) is 29.8 Å². The van der Waals surface area contributed by atoms with Crippen molar-refractivity contribution in [2.75, 3.05) is 5.43 Å². The van der Waals surface area contributed by atoms with E-state index in [1.165, 1.54) is 48.5 Å². The fourth-order valence-electron chi connectivity index (χ4n) is 1.70. The van der Waals surface area contributed by atoms with Gasteiger partial charge in [0.1, 0.15) is 6.07 Å². The van der Waals surface area contributed by atoms with Gasteiger partial charge in [0.15, 0.2) is 5.71 Å². The first-order chi connectivity index (χ1) is 11.0. The highest BCUT2D eigenvalue weighted by molar-refractivity contribution is 6.12. The maximum atomic E-state index is 10.7. The Bertz CT molecular complexity index is 824. The summed E-state index contributed by atoms with van der Waals surface area (Å²) in [7, 11) is 0. The molecule has 0 saturated heterocycles. The molecule has 23 heavy (non-hydrogen) atoms. The van der Waals surface area contributed by atoms with Gasteiger partial charge in [-0.2, -0.15) is 10.4 Å². The fourth-order valence-corrected chi connectivity index (χ4v) is 1.70. The molecule has 0 spiro atoms. The maximum Gasteiger partial charge on any atom is 0.270 e. The highest BCUT2D eigenvalue weighted by atomic mass is 16.6. The second kappa shape index (κ2) is 6.77. The highest BCUT2D eigenvalue weighted by Gasteiger charge is 2.10. The van der Waals surface area contributed by atoms with Gasteiger partial charge in [-0.1, -0.05) is 12.1 Å². The molecule has 0 heterocycles. The largest absolute Gasteiger partial charge is 0.277 e. The van der Waals surface area contributed by atoms with Crippen LogP contribution in [0.1, 0.15) is 5.56 Å². The molecule has 2 rings (SSSR count). The van der Waals surface area contributed by atoms with Gasteiger partial charge in [-0.3, -0.25) is 25.7 Å². The van der Waals surface area contributed by atoms with Crippen LogP contribution in [0.4, 0.5) is 17.1 Å². The van der Waals surface area contributed by atoms with Crippen molar-refractivity contribution in [2.24, 2.45) is 5.10 Å². The van der Waals surface area contributed by atoms with E-state index in [1.54, 1.807) is 0 Å². The molecule has 0 bridgehead atoms. The van der Waals surface area contributed by atoms with E-state index < -0.39 is 9.85 Å². The topological polar surface area (TPSA) is 134 Å². The Hall–Kier alpha value is -3.80. The smallest absolute Gasteiger partial charge is 0.270 e. The fraction of sp³-hybridized carbons (Fsp3) is 0. The van der Waals surface area contributed by atoms with Crippen LogP contribution in [0.5, 0.6) is 0 Å². The first kappa shape index (κ1) is 15.6. The van der Waals surface area contributed by atoms with Crippen molar-refractivity contribution in [1.29, 1.82) is 5.26 Å². The average molecular weight is 311 g/mol. The maximum absolute atomic E-state index is 10.7. The molecule has 0 aliphatic heterocycles. The zero-order valence-corrected chi connectivity index (χ0v) is 11.5. The van der Waals surface area contributed by atoms with Crippen molar-refractivity contribution >= 4 is 22.8 Å². The molecule has 9 nitrogen and oxygen atoms in total. The third-order valence-corrected chi connectivity index (χ3v) is 2.81. The van der Waals surface area contributed by atoms with E-state index in [2.05, 4.69) is 10.5 Å². The minimum atomic E-state index is -0.567. The number of nitrogens with zero attached hydrogens (tertiary/aromatic N) is 4. The number of hydrogen-bond donors (Lipinski definition) is 1. The van der Waals surface area contributed by atoms with Gasteiger partial charge in [0.25, 0.3) is 11.4 Å². The molecule has 0 amide bonds. The number of non-ortho nitro benzene ring substituents is 2. The summed E-state index contributed by atoms with van der Waals surface area (Å²) < 4.78 is 0. The SMILES string of the molecule is N#C/C(=N\Nc1ccc([N+](=O)[O-])cc1)c1cccc([N+](=O)[O-])c1. The van der Waals surface area contributed by atoms with E-state index in [-0.39, 0.29) is 22.6 Å². The number of anilines is 1. The zero-order valence-electron chi connectivity index (χ0n) is 11.5. The molecule has 0 saturated carbocycles. The van der Waals surface area contributed by atoms with Gasteiger partial charge < -0.3 is 0 Å². The van der Waals surface area contributed by atoms with Crippen molar-refractivity contribution in [2.45, 2.75) is 0 Å². The minimum Gasteiger partial charge on any atom is -0.277 e. The van der Waals surface area contributed by atoms with Gasteiger partial charge in [-0.25, -0.2) is 0 Å². The van der Waals surface area contributed by atoms with Crippen LogP contribution in [0.3, 0.4) is 0 Å². The summed E-state index contributed by atoms with van der Waals surface area (Å²) in [5.41, 5.74) is 3.04. The molecule has 114 valence electrons. The summed E-state index contributed by atoms with van der Waals surface area (Å²) in [5.74, 6) is 0. The van der Waals surface area contributed by atoms with Crippen LogP contribution in [-0.2, 0) is 0 Å². The zero-order chi connectivity index (χ0) is 16.8. The number of hydrazone groups is 1. The van der Waals surface area contributed by atoms with E-state index >= 15 is 0 Å².